The van der Waals surface area contributed by atoms with E-state index in [-0.39, 0.29) is 30.4 Å². The zero-order valence-electron chi connectivity index (χ0n) is 15.6. The van der Waals surface area contributed by atoms with Crippen LogP contribution >= 0.6 is 0 Å². The third-order valence-corrected chi connectivity index (χ3v) is 4.35. The number of nitrogens with one attached hydrogen (secondary N) is 1. The highest BCUT2D eigenvalue weighted by atomic mass is 16.5. The van der Waals surface area contributed by atoms with E-state index in [4.69, 9.17) is 4.74 Å². The summed E-state index contributed by atoms with van der Waals surface area (Å²) >= 11 is 0. The number of carboxylic acid groups (broad SMARTS) is 1. The lowest BCUT2D eigenvalue weighted by molar-refractivity contribution is -0.167. The Bertz CT molecular complexity index is 688. The summed E-state index contributed by atoms with van der Waals surface area (Å²) < 4.78 is 5.35. The SMILES string of the molecule is Cc1cccc(C(=O)NC(C(=O)N2CC(C(=O)O)O[C@H](C)C2)C(C)C)c1. The quantitative estimate of drug-likeness (QED) is 0.826. The Morgan fingerprint density at radius 1 is 1.27 bits per heavy atom. The van der Waals surface area contributed by atoms with Crippen molar-refractivity contribution >= 4 is 17.8 Å². The molecule has 1 aliphatic heterocycles. The first-order chi connectivity index (χ1) is 12.2. The molecule has 1 saturated heterocycles. The first-order valence-electron chi connectivity index (χ1n) is 8.73. The number of rotatable bonds is 5. The Morgan fingerprint density at radius 3 is 2.54 bits per heavy atom. The minimum atomic E-state index is -1.10. The van der Waals surface area contributed by atoms with Gasteiger partial charge in [-0.1, -0.05) is 31.5 Å². The molecule has 7 heteroatoms. The van der Waals surface area contributed by atoms with Crippen molar-refractivity contribution in [3.05, 3.63) is 35.4 Å². The van der Waals surface area contributed by atoms with Crippen LogP contribution in [-0.2, 0) is 14.3 Å². The molecule has 1 aromatic rings. The summed E-state index contributed by atoms with van der Waals surface area (Å²) in [7, 11) is 0. The van der Waals surface area contributed by atoms with Crippen molar-refractivity contribution < 1.29 is 24.2 Å². The van der Waals surface area contributed by atoms with Gasteiger partial charge in [-0.05, 0) is 31.9 Å². The van der Waals surface area contributed by atoms with Crippen LogP contribution in [0.1, 0.15) is 36.7 Å². The smallest absolute Gasteiger partial charge is 0.334 e. The van der Waals surface area contributed by atoms with Crippen molar-refractivity contribution in [3.8, 4) is 0 Å². The van der Waals surface area contributed by atoms with Crippen LogP contribution in [0.5, 0.6) is 0 Å². The molecule has 2 N–H and O–H groups in total. The highest BCUT2D eigenvalue weighted by Gasteiger charge is 2.36. The summed E-state index contributed by atoms with van der Waals surface area (Å²) in [6.45, 7) is 7.58. The maximum Gasteiger partial charge on any atom is 0.334 e. The van der Waals surface area contributed by atoms with Crippen LogP contribution in [0.3, 0.4) is 0 Å². The molecular weight excluding hydrogens is 336 g/mol. The normalized spacial score (nSPS) is 21.3. The topological polar surface area (TPSA) is 95.9 Å². The van der Waals surface area contributed by atoms with Gasteiger partial charge in [-0.25, -0.2) is 4.79 Å². The zero-order valence-corrected chi connectivity index (χ0v) is 15.6. The van der Waals surface area contributed by atoms with Crippen LogP contribution in [0.25, 0.3) is 0 Å². The summed E-state index contributed by atoms with van der Waals surface area (Å²) in [4.78, 5) is 38.2. The minimum Gasteiger partial charge on any atom is -0.479 e. The van der Waals surface area contributed by atoms with E-state index in [1.807, 2.05) is 26.8 Å². The first kappa shape index (κ1) is 19.9. The fourth-order valence-electron chi connectivity index (χ4n) is 2.99. The number of ether oxygens (including phenoxy) is 1. The summed E-state index contributed by atoms with van der Waals surface area (Å²) in [5.41, 5.74) is 1.44. The van der Waals surface area contributed by atoms with Gasteiger partial charge in [-0.2, -0.15) is 0 Å². The van der Waals surface area contributed by atoms with Gasteiger partial charge in [0, 0.05) is 12.1 Å². The van der Waals surface area contributed by atoms with Gasteiger partial charge in [-0.3, -0.25) is 9.59 Å². The van der Waals surface area contributed by atoms with E-state index in [9.17, 15) is 19.5 Å². The second-order valence-electron chi connectivity index (χ2n) is 7.08. The van der Waals surface area contributed by atoms with Crippen LogP contribution in [0, 0.1) is 12.8 Å². The lowest BCUT2D eigenvalue weighted by Gasteiger charge is -2.37. The Balaban J connectivity index is 2.14. The van der Waals surface area contributed by atoms with Crippen molar-refractivity contribution in [1.82, 2.24) is 10.2 Å². The van der Waals surface area contributed by atoms with Gasteiger partial charge in [0.15, 0.2) is 6.10 Å². The largest absolute Gasteiger partial charge is 0.479 e. The van der Waals surface area contributed by atoms with Gasteiger partial charge in [0.25, 0.3) is 5.91 Å². The predicted molar refractivity (Wildman–Crippen MR) is 95.8 cm³/mol. The fraction of sp³-hybridized carbons (Fsp3) is 0.526. The highest BCUT2D eigenvalue weighted by Crippen LogP contribution is 2.16. The van der Waals surface area contributed by atoms with Crippen LogP contribution < -0.4 is 5.32 Å². The van der Waals surface area contributed by atoms with Crippen molar-refractivity contribution in [1.29, 1.82) is 0 Å². The average Bonchev–Trinajstić information content (AvgIpc) is 2.58. The third kappa shape index (κ3) is 4.82. The molecule has 0 radical (unpaired) electrons. The molecule has 0 saturated carbocycles. The summed E-state index contributed by atoms with van der Waals surface area (Å²) in [5.74, 6) is -1.85. The van der Waals surface area contributed by atoms with Crippen molar-refractivity contribution in [2.24, 2.45) is 5.92 Å². The molecule has 1 aromatic carbocycles. The molecule has 142 valence electrons. The number of aryl methyl sites for hydroxylation is 1. The van der Waals surface area contributed by atoms with E-state index < -0.39 is 18.1 Å². The van der Waals surface area contributed by atoms with Gasteiger partial charge >= 0.3 is 5.97 Å². The van der Waals surface area contributed by atoms with E-state index in [0.29, 0.717) is 12.1 Å². The number of benzene rings is 1. The molecule has 1 fully saturated rings. The maximum absolute atomic E-state index is 12.9. The molecule has 1 heterocycles. The van der Waals surface area contributed by atoms with E-state index in [0.717, 1.165) is 5.56 Å². The van der Waals surface area contributed by atoms with E-state index >= 15 is 0 Å². The summed E-state index contributed by atoms with van der Waals surface area (Å²) in [6, 6.07) is 6.40. The number of hydrogen-bond donors (Lipinski definition) is 2. The molecule has 2 unspecified atom stereocenters. The van der Waals surface area contributed by atoms with Crippen LogP contribution in [-0.4, -0.2) is 59.1 Å². The monoisotopic (exact) mass is 362 g/mol. The lowest BCUT2D eigenvalue weighted by atomic mass is 10.0. The van der Waals surface area contributed by atoms with Crippen molar-refractivity contribution in [3.63, 3.8) is 0 Å². The Hall–Kier alpha value is -2.41. The minimum absolute atomic E-state index is 0.0258. The molecule has 2 amide bonds. The number of hydrogen-bond acceptors (Lipinski definition) is 4. The zero-order chi connectivity index (χ0) is 19.4. The van der Waals surface area contributed by atoms with Crippen LogP contribution in [0.15, 0.2) is 24.3 Å². The fourth-order valence-corrected chi connectivity index (χ4v) is 2.99. The molecule has 0 aromatic heterocycles. The Kier molecular flexibility index (Phi) is 6.37. The van der Waals surface area contributed by atoms with Gasteiger partial charge in [0.2, 0.25) is 5.91 Å². The molecule has 7 nitrogen and oxygen atoms in total. The first-order valence-corrected chi connectivity index (χ1v) is 8.73. The standard InChI is InChI=1S/C19H26N2O5/c1-11(2)16(20-17(22)14-7-5-6-12(3)8-14)18(23)21-9-13(4)26-15(10-21)19(24)25/h5-8,11,13,15-16H,9-10H2,1-4H3,(H,20,22)(H,24,25)/t13-,15?,16?/m1/s1. The number of carboxylic acids is 1. The van der Waals surface area contributed by atoms with Gasteiger partial charge in [0.1, 0.15) is 6.04 Å². The average molecular weight is 362 g/mol. The Labute approximate surface area is 153 Å². The number of carbonyl (C=O) groups is 3. The maximum atomic E-state index is 12.9. The second-order valence-corrected chi connectivity index (χ2v) is 7.08. The number of amides is 2. The number of carbonyl (C=O) groups excluding carboxylic acids is 2. The number of aliphatic carboxylic acids is 1. The highest BCUT2D eigenvalue weighted by molar-refractivity contribution is 5.97. The van der Waals surface area contributed by atoms with Crippen molar-refractivity contribution in [2.45, 2.75) is 45.9 Å². The van der Waals surface area contributed by atoms with Gasteiger partial charge in [0.05, 0.1) is 12.6 Å². The van der Waals surface area contributed by atoms with Gasteiger partial charge < -0.3 is 20.1 Å². The molecule has 2 rings (SSSR count). The molecule has 0 aliphatic carbocycles. The summed E-state index contributed by atoms with van der Waals surface area (Å²) in [6.07, 6.45) is -1.43. The molecule has 0 spiro atoms. The predicted octanol–water partition coefficient (Wildman–Crippen LogP) is 1.45. The summed E-state index contributed by atoms with van der Waals surface area (Å²) in [5, 5.41) is 12.0. The van der Waals surface area contributed by atoms with E-state index in [1.165, 1.54) is 4.90 Å². The van der Waals surface area contributed by atoms with E-state index in [1.54, 1.807) is 25.1 Å². The number of morpholine rings is 1. The lowest BCUT2D eigenvalue weighted by Crippen LogP contribution is -2.58. The van der Waals surface area contributed by atoms with Crippen LogP contribution in [0.2, 0.25) is 0 Å². The molecule has 3 atom stereocenters. The molecular formula is C19H26N2O5. The van der Waals surface area contributed by atoms with Gasteiger partial charge in [-0.15, -0.1) is 0 Å². The third-order valence-electron chi connectivity index (χ3n) is 4.35. The molecule has 26 heavy (non-hydrogen) atoms. The molecule has 1 aliphatic rings. The van der Waals surface area contributed by atoms with Crippen molar-refractivity contribution in [2.75, 3.05) is 13.1 Å². The Morgan fingerprint density at radius 2 is 1.96 bits per heavy atom. The van der Waals surface area contributed by atoms with E-state index in [2.05, 4.69) is 5.32 Å². The molecule has 0 bridgehead atoms. The number of nitrogens with zero attached hydrogens (tertiary/aromatic N) is 1. The van der Waals surface area contributed by atoms with Crippen LogP contribution in [0.4, 0.5) is 0 Å². The second kappa shape index (κ2) is 8.31.